The van der Waals surface area contributed by atoms with Gasteiger partial charge in [0.1, 0.15) is 5.60 Å². The van der Waals surface area contributed by atoms with Crippen molar-refractivity contribution in [3.05, 3.63) is 23.0 Å². The molecule has 4 nitrogen and oxygen atoms in total. The Hall–Kier alpha value is -1.45. The van der Waals surface area contributed by atoms with Crippen molar-refractivity contribution in [2.75, 3.05) is 6.54 Å². The number of nitrogens with one attached hydrogen (secondary N) is 2. The first-order valence-electron chi connectivity index (χ1n) is 5.90. The highest BCUT2D eigenvalue weighted by Gasteiger charge is 2.15. The number of amides is 1. The van der Waals surface area contributed by atoms with Crippen LogP contribution < -0.4 is 5.32 Å². The van der Waals surface area contributed by atoms with E-state index in [-0.39, 0.29) is 6.09 Å². The molecule has 1 aromatic heterocycles. The number of aromatic nitrogens is 1. The van der Waals surface area contributed by atoms with Crippen LogP contribution in [0.15, 0.2) is 6.07 Å². The van der Waals surface area contributed by atoms with Crippen molar-refractivity contribution >= 4 is 6.09 Å². The molecular formula is C13H22N2O2. The van der Waals surface area contributed by atoms with Crippen LogP contribution in [0.4, 0.5) is 4.79 Å². The van der Waals surface area contributed by atoms with Gasteiger partial charge in [0.15, 0.2) is 0 Å². The van der Waals surface area contributed by atoms with Crippen LogP contribution in [-0.2, 0) is 11.2 Å². The van der Waals surface area contributed by atoms with Crippen molar-refractivity contribution in [2.45, 2.75) is 46.6 Å². The van der Waals surface area contributed by atoms with Crippen LogP contribution in [0.3, 0.4) is 0 Å². The number of rotatable bonds is 3. The van der Waals surface area contributed by atoms with Gasteiger partial charge in [0.2, 0.25) is 0 Å². The zero-order chi connectivity index (χ0) is 13.1. The van der Waals surface area contributed by atoms with Crippen molar-refractivity contribution in [2.24, 2.45) is 0 Å². The van der Waals surface area contributed by atoms with E-state index in [2.05, 4.69) is 23.3 Å². The molecule has 1 aromatic rings. The molecule has 0 radical (unpaired) electrons. The second-order valence-corrected chi connectivity index (χ2v) is 5.29. The van der Waals surface area contributed by atoms with E-state index in [1.807, 2.05) is 27.7 Å². The molecule has 0 atom stereocenters. The molecular weight excluding hydrogens is 216 g/mol. The minimum absolute atomic E-state index is 0.363. The van der Waals surface area contributed by atoms with Crippen LogP contribution in [0, 0.1) is 13.8 Å². The number of H-pyrrole nitrogens is 1. The minimum atomic E-state index is -0.441. The third-order valence-electron chi connectivity index (χ3n) is 2.30. The van der Waals surface area contributed by atoms with Gasteiger partial charge in [0.05, 0.1) is 0 Å². The summed E-state index contributed by atoms with van der Waals surface area (Å²) in [6.45, 7) is 10.2. The van der Waals surface area contributed by atoms with Gasteiger partial charge >= 0.3 is 6.09 Å². The number of carbonyl (C=O) groups is 1. The maximum Gasteiger partial charge on any atom is 0.407 e. The molecule has 0 bridgehead atoms. The fourth-order valence-corrected chi connectivity index (χ4v) is 1.65. The van der Waals surface area contributed by atoms with Crippen molar-refractivity contribution in [1.82, 2.24) is 10.3 Å². The molecule has 0 unspecified atom stereocenters. The van der Waals surface area contributed by atoms with Gasteiger partial charge in [-0.05, 0) is 46.2 Å². The Morgan fingerprint density at radius 3 is 2.53 bits per heavy atom. The van der Waals surface area contributed by atoms with Gasteiger partial charge in [-0.2, -0.15) is 0 Å². The molecule has 1 amide bonds. The summed E-state index contributed by atoms with van der Waals surface area (Å²) < 4.78 is 5.15. The monoisotopic (exact) mass is 238 g/mol. The summed E-state index contributed by atoms with van der Waals surface area (Å²) in [5.41, 5.74) is 3.10. The number of aryl methyl sites for hydroxylation is 2. The summed E-state index contributed by atoms with van der Waals surface area (Å²) in [5, 5.41) is 2.74. The van der Waals surface area contributed by atoms with E-state index in [9.17, 15) is 4.79 Å². The quantitative estimate of drug-likeness (QED) is 0.850. The Bertz CT molecular complexity index is 389. The molecule has 0 aromatic carbocycles. The third kappa shape index (κ3) is 4.93. The fraction of sp³-hybridized carbons (Fsp3) is 0.615. The number of alkyl carbamates (subject to hydrolysis) is 1. The third-order valence-corrected chi connectivity index (χ3v) is 2.30. The maximum absolute atomic E-state index is 11.4. The van der Waals surface area contributed by atoms with Crippen LogP contribution in [0.2, 0.25) is 0 Å². The second-order valence-electron chi connectivity index (χ2n) is 5.29. The Balaban J connectivity index is 2.33. The van der Waals surface area contributed by atoms with Gasteiger partial charge in [-0.15, -0.1) is 0 Å². The highest BCUT2D eigenvalue weighted by atomic mass is 16.6. The summed E-state index contributed by atoms with van der Waals surface area (Å²) >= 11 is 0. The SMILES string of the molecule is Cc1cc(C)c(CCNC(=O)OC(C)(C)C)[nH]1. The van der Waals surface area contributed by atoms with Gasteiger partial charge in [0.25, 0.3) is 0 Å². The molecule has 0 saturated heterocycles. The lowest BCUT2D eigenvalue weighted by Gasteiger charge is -2.19. The van der Waals surface area contributed by atoms with Gasteiger partial charge in [0, 0.05) is 24.4 Å². The fourth-order valence-electron chi connectivity index (χ4n) is 1.65. The summed E-state index contributed by atoms with van der Waals surface area (Å²) in [4.78, 5) is 14.7. The lowest BCUT2D eigenvalue weighted by molar-refractivity contribution is 0.0528. The standard InChI is InChI=1S/C13H22N2O2/c1-9-8-10(2)15-11(9)6-7-14-12(16)17-13(3,4)5/h8,15H,6-7H2,1-5H3,(H,14,16). The Kier molecular flexibility index (Phi) is 4.21. The summed E-state index contributed by atoms with van der Waals surface area (Å²) in [7, 11) is 0. The molecule has 0 saturated carbocycles. The van der Waals surface area contributed by atoms with E-state index in [0.29, 0.717) is 6.54 Å². The maximum atomic E-state index is 11.4. The van der Waals surface area contributed by atoms with Crippen molar-refractivity contribution < 1.29 is 9.53 Å². The average Bonchev–Trinajstić information content (AvgIpc) is 2.42. The van der Waals surface area contributed by atoms with Crippen LogP contribution in [0.25, 0.3) is 0 Å². The lowest BCUT2D eigenvalue weighted by Crippen LogP contribution is -2.33. The van der Waals surface area contributed by atoms with E-state index in [4.69, 9.17) is 4.74 Å². The van der Waals surface area contributed by atoms with Crippen LogP contribution in [-0.4, -0.2) is 23.2 Å². The highest BCUT2D eigenvalue weighted by Crippen LogP contribution is 2.09. The number of carbonyl (C=O) groups excluding carboxylic acids is 1. The first kappa shape index (κ1) is 13.6. The molecule has 1 heterocycles. The number of hydrogen-bond acceptors (Lipinski definition) is 2. The minimum Gasteiger partial charge on any atom is -0.444 e. The van der Waals surface area contributed by atoms with E-state index in [1.165, 1.54) is 11.3 Å². The Morgan fingerprint density at radius 2 is 2.06 bits per heavy atom. The molecule has 4 heteroatoms. The number of hydrogen-bond donors (Lipinski definition) is 2. The Labute approximate surface area is 103 Å². The largest absolute Gasteiger partial charge is 0.444 e. The number of aromatic amines is 1. The topological polar surface area (TPSA) is 54.1 Å². The lowest BCUT2D eigenvalue weighted by atomic mass is 10.2. The highest BCUT2D eigenvalue weighted by molar-refractivity contribution is 5.67. The van der Waals surface area contributed by atoms with Gasteiger partial charge in [-0.1, -0.05) is 0 Å². The first-order chi connectivity index (χ1) is 7.78. The van der Waals surface area contributed by atoms with Gasteiger partial charge in [-0.25, -0.2) is 4.79 Å². The molecule has 17 heavy (non-hydrogen) atoms. The smallest absolute Gasteiger partial charge is 0.407 e. The second kappa shape index (κ2) is 5.25. The molecule has 1 rings (SSSR count). The van der Waals surface area contributed by atoms with Crippen LogP contribution in [0.1, 0.15) is 37.7 Å². The van der Waals surface area contributed by atoms with E-state index >= 15 is 0 Å². The van der Waals surface area contributed by atoms with Crippen molar-refractivity contribution in [3.8, 4) is 0 Å². The molecule has 2 N–H and O–H groups in total. The average molecular weight is 238 g/mol. The van der Waals surface area contributed by atoms with E-state index in [0.717, 1.165) is 12.1 Å². The van der Waals surface area contributed by atoms with Crippen LogP contribution in [0.5, 0.6) is 0 Å². The zero-order valence-electron chi connectivity index (χ0n) is 11.3. The molecule has 0 aliphatic heterocycles. The van der Waals surface area contributed by atoms with E-state index in [1.54, 1.807) is 0 Å². The predicted molar refractivity (Wildman–Crippen MR) is 68.2 cm³/mol. The van der Waals surface area contributed by atoms with Crippen molar-refractivity contribution in [3.63, 3.8) is 0 Å². The molecule has 0 spiro atoms. The Morgan fingerprint density at radius 1 is 1.41 bits per heavy atom. The van der Waals surface area contributed by atoms with Gasteiger partial charge < -0.3 is 15.0 Å². The molecule has 0 aliphatic rings. The first-order valence-corrected chi connectivity index (χ1v) is 5.90. The zero-order valence-corrected chi connectivity index (χ0v) is 11.3. The molecule has 0 aliphatic carbocycles. The van der Waals surface area contributed by atoms with E-state index < -0.39 is 5.60 Å². The van der Waals surface area contributed by atoms with Gasteiger partial charge in [-0.3, -0.25) is 0 Å². The summed E-state index contributed by atoms with van der Waals surface area (Å²) in [6, 6.07) is 2.10. The normalized spacial score (nSPS) is 11.4. The molecule has 96 valence electrons. The summed E-state index contributed by atoms with van der Waals surface area (Å²) in [6.07, 6.45) is 0.428. The summed E-state index contributed by atoms with van der Waals surface area (Å²) in [5.74, 6) is 0. The van der Waals surface area contributed by atoms with Crippen LogP contribution >= 0.6 is 0 Å². The molecule has 0 fully saturated rings. The predicted octanol–water partition coefficient (Wildman–Crippen LogP) is 2.70. The van der Waals surface area contributed by atoms with Crippen molar-refractivity contribution in [1.29, 1.82) is 0 Å². The number of ether oxygens (including phenoxy) is 1.